The van der Waals surface area contributed by atoms with Gasteiger partial charge in [-0.15, -0.1) is 0 Å². The summed E-state index contributed by atoms with van der Waals surface area (Å²) in [4.78, 5) is 13.1. The van der Waals surface area contributed by atoms with Gasteiger partial charge in [-0.3, -0.25) is 0 Å². The number of carbonyl (C=O) groups is 1. The quantitative estimate of drug-likeness (QED) is 0.897. The van der Waals surface area contributed by atoms with Gasteiger partial charge in [-0.2, -0.15) is 0 Å². The molecule has 1 aromatic carbocycles. The molecule has 0 amide bonds. The molecule has 1 fully saturated rings. The fraction of sp³-hybridized carbons (Fsp3) is 0.462. The first-order valence-corrected chi connectivity index (χ1v) is 6.30. The number of carboxylic acids is 1. The normalized spacial score (nSPS) is 19.6. The van der Waals surface area contributed by atoms with Gasteiger partial charge in [0.15, 0.2) is 0 Å². The molecule has 92 valence electrons. The van der Waals surface area contributed by atoms with Gasteiger partial charge in [0.25, 0.3) is 0 Å². The molecule has 1 saturated heterocycles. The third-order valence-electron chi connectivity index (χ3n) is 3.35. The Balaban J connectivity index is 2.30. The predicted molar refractivity (Wildman–Crippen MR) is 69.1 cm³/mol. The zero-order valence-electron chi connectivity index (χ0n) is 9.82. The number of anilines is 1. The lowest BCUT2D eigenvalue weighted by Gasteiger charge is -2.26. The number of aromatic carboxylic acids is 1. The molecule has 17 heavy (non-hydrogen) atoms. The molecule has 4 heteroatoms. The topological polar surface area (TPSA) is 40.5 Å². The molecule has 0 radical (unpaired) electrons. The number of hydrogen-bond acceptors (Lipinski definition) is 2. The first-order valence-electron chi connectivity index (χ1n) is 5.93. The summed E-state index contributed by atoms with van der Waals surface area (Å²) in [5, 5.41) is 9.42. The highest BCUT2D eigenvalue weighted by Gasteiger charge is 2.24. The molecule has 1 aliphatic rings. The van der Waals surface area contributed by atoms with Crippen LogP contribution in [0.25, 0.3) is 0 Å². The number of nitrogens with zero attached hydrogens (tertiary/aromatic N) is 1. The van der Waals surface area contributed by atoms with Crippen LogP contribution < -0.4 is 4.90 Å². The van der Waals surface area contributed by atoms with E-state index in [9.17, 15) is 4.79 Å². The molecule has 0 aromatic heterocycles. The number of hydrogen-bond donors (Lipinski definition) is 1. The lowest BCUT2D eigenvalue weighted by atomic mass is 10.1. The summed E-state index contributed by atoms with van der Waals surface area (Å²) in [6.07, 6.45) is 3.46. The molecule has 0 saturated carbocycles. The van der Waals surface area contributed by atoms with Crippen LogP contribution in [0.3, 0.4) is 0 Å². The fourth-order valence-electron chi connectivity index (χ4n) is 2.45. The average molecular weight is 254 g/mol. The summed E-state index contributed by atoms with van der Waals surface area (Å²) >= 11 is 6.17. The molecule has 3 nitrogen and oxygen atoms in total. The van der Waals surface area contributed by atoms with E-state index in [-0.39, 0.29) is 5.56 Å². The van der Waals surface area contributed by atoms with E-state index in [1.807, 2.05) is 6.07 Å². The lowest BCUT2D eigenvalue weighted by Crippen LogP contribution is -2.28. The summed E-state index contributed by atoms with van der Waals surface area (Å²) in [6, 6.07) is 5.50. The van der Waals surface area contributed by atoms with E-state index >= 15 is 0 Å². The van der Waals surface area contributed by atoms with Crippen LogP contribution in [0.5, 0.6) is 0 Å². The summed E-state index contributed by atoms with van der Waals surface area (Å²) in [7, 11) is 0. The van der Waals surface area contributed by atoms with Gasteiger partial charge >= 0.3 is 5.97 Å². The van der Waals surface area contributed by atoms with Crippen molar-refractivity contribution in [1.29, 1.82) is 0 Å². The minimum Gasteiger partial charge on any atom is -0.478 e. The van der Waals surface area contributed by atoms with Crippen molar-refractivity contribution in [3.05, 3.63) is 28.8 Å². The Kier molecular flexibility index (Phi) is 3.57. The molecule has 1 atom stereocenters. The van der Waals surface area contributed by atoms with Crippen molar-refractivity contribution in [2.75, 3.05) is 11.4 Å². The number of halogens is 1. The first-order chi connectivity index (χ1) is 8.13. The van der Waals surface area contributed by atoms with Crippen molar-refractivity contribution in [2.45, 2.75) is 32.2 Å². The van der Waals surface area contributed by atoms with Crippen molar-refractivity contribution in [2.24, 2.45) is 0 Å². The summed E-state index contributed by atoms with van der Waals surface area (Å²) in [6.45, 7) is 3.17. The van der Waals surface area contributed by atoms with Crippen molar-refractivity contribution in [1.82, 2.24) is 0 Å². The zero-order chi connectivity index (χ0) is 12.4. The van der Waals surface area contributed by atoms with E-state index in [1.165, 1.54) is 18.9 Å². The zero-order valence-corrected chi connectivity index (χ0v) is 10.6. The SMILES string of the molecule is CCC1CCCN1c1ccc(C(=O)O)cc1Cl. The molecule has 1 aromatic rings. The van der Waals surface area contributed by atoms with Gasteiger partial charge in [-0.25, -0.2) is 4.79 Å². The predicted octanol–water partition coefficient (Wildman–Crippen LogP) is 3.42. The molecule has 1 heterocycles. The van der Waals surface area contributed by atoms with Crippen LogP contribution in [-0.4, -0.2) is 23.7 Å². The van der Waals surface area contributed by atoms with Crippen molar-refractivity contribution in [3.63, 3.8) is 0 Å². The van der Waals surface area contributed by atoms with Gasteiger partial charge in [0.2, 0.25) is 0 Å². The maximum absolute atomic E-state index is 10.8. The Morgan fingerprint density at radius 1 is 1.59 bits per heavy atom. The first kappa shape index (κ1) is 12.2. The maximum Gasteiger partial charge on any atom is 0.335 e. The monoisotopic (exact) mass is 253 g/mol. The molecule has 0 spiro atoms. The number of rotatable bonds is 3. The molecular weight excluding hydrogens is 238 g/mol. The largest absolute Gasteiger partial charge is 0.478 e. The second kappa shape index (κ2) is 4.96. The van der Waals surface area contributed by atoms with Crippen molar-refractivity contribution < 1.29 is 9.90 Å². The summed E-state index contributed by atoms with van der Waals surface area (Å²) in [5.41, 5.74) is 1.20. The van der Waals surface area contributed by atoms with Crippen molar-refractivity contribution in [3.8, 4) is 0 Å². The second-order valence-electron chi connectivity index (χ2n) is 4.37. The minimum absolute atomic E-state index is 0.242. The third-order valence-corrected chi connectivity index (χ3v) is 3.66. The highest BCUT2D eigenvalue weighted by molar-refractivity contribution is 6.33. The van der Waals surface area contributed by atoms with E-state index in [0.29, 0.717) is 11.1 Å². The Labute approximate surface area is 106 Å². The highest BCUT2D eigenvalue weighted by atomic mass is 35.5. The highest BCUT2D eigenvalue weighted by Crippen LogP contribution is 2.33. The second-order valence-corrected chi connectivity index (χ2v) is 4.78. The van der Waals surface area contributed by atoms with Gasteiger partial charge < -0.3 is 10.0 Å². The van der Waals surface area contributed by atoms with Crippen LogP contribution in [0.15, 0.2) is 18.2 Å². The summed E-state index contributed by atoms with van der Waals surface area (Å²) in [5.74, 6) is -0.938. The van der Waals surface area contributed by atoms with Gasteiger partial charge in [0.1, 0.15) is 0 Å². The Morgan fingerprint density at radius 3 is 2.94 bits per heavy atom. The lowest BCUT2D eigenvalue weighted by molar-refractivity contribution is 0.0697. The van der Waals surface area contributed by atoms with E-state index in [2.05, 4.69) is 11.8 Å². The third kappa shape index (κ3) is 2.39. The van der Waals surface area contributed by atoms with Crippen LogP contribution in [0.1, 0.15) is 36.5 Å². The van der Waals surface area contributed by atoms with Crippen molar-refractivity contribution >= 4 is 23.3 Å². The van der Waals surface area contributed by atoms with Gasteiger partial charge in [0.05, 0.1) is 16.3 Å². The van der Waals surface area contributed by atoms with Gasteiger partial charge in [-0.05, 0) is 37.5 Å². The molecule has 1 N–H and O–H groups in total. The van der Waals surface area contributed by atoms with Gasteiger partial charge in [0, 0.05) is 12.6 Å². The average Bonchev–Trinajstić information content (AvgIpc) is 2.76. The molecule has 2 rings (SSSR count). The van der Waals surface area contributed by atoms with E-state index < -0.39 is 5.97 Å². The standard InChI is InChI=1S/C13H16ClNO2/c1-2-10-4-3-7-15(10)12-6-5-9(13(16)17)8-11(12)14/h5-6,8,10H,2-4,7H2,1H3,(H,16,17). The molecule has 0 aliphatic carbocycles. The van der Waals surface area contributed by atoms with E-state index in [1.54, 1.807) is 6.07 Å². The van der Waals surface area contributed by atoms with E-state index in [0.717, 1.165) is 18.7 Å². The molecule has 1 aliphatic heterocycles. The fourth-order valence-corrected chi connectivity index (χ4v) is 2.74. The van der Waals surface area contributed by atoms with Crippen LogP contribution >= 0.6 is 11.6 Å². The van der Waals surface area contributed by atoms with Crippen LogP contribution in [0.4, 0.5) is 5.69 Å². The van der Waals surface area contributed by atoms with Gasteiger partial charge in [-0.1, -0.05) is 18.5 Å². The Bertz CT molecular complexity index is 433. The molecular formula is C13H16ClNO2. The number of benzene rings is 1. The molecule has 0 bridgehead atoms. The van der Waals surface area contributed by atoms with Crippen LogP contribution in [-0.2, 0) is 0 Å². The molecule has 1 unspecified atom stereocenters. The van der Waals surface area contributed by atoms with Crippen LogP contribution in [0.2, 0.25) is 5.02 Å². The smallest absolute Gasteiger partial charge is 0.335 e. The van der Waals surface area contributed by atoms with Crippen LogP contribution in [0, 0.1) is 0 Å². The maximum atomic E-state index is 10.8. The number of carboxylic acid groups (broad SMARTS) is 1. The minimum atomic E-state index is -0.938. The van der Waals surface area contributed by atoms with E-state index in [4.69, 9.17) is 16.7 Å². The Hall–Kier alpha value is -1.22. The summed E-state index contributed by atoms with van der Waals surface area (Å²) < 4.78 is 0. The Morgan fingerprint density at radius 2 is 2.35 bits per heavy atom.